The van der Waals surface area contributed by atoms with Gasteiger partial charge < -0.3 is 24.1 Å². The van der Waals surface area contributed by atoms with E-state index < -0.39 is 5.91 Å². The van der Waals surface area contributed by atoms with Crippen LogP contribution in [0.4, 0.5) is 11.6 Å². The number of morpholine rings is 1. The molecule has 2 heterocycles. The molecule has 0 aliphatic carbocycles. The van der Waals surface area contributed by atoms with E-state index in [0.717, 1.165) is 17.6 Å². The lowest BCUT2D eigenvalue weighted by Gasteiger charge is -2.26. The Morgan fingerprint density at radius 3 is 2.71 bits per heavy atom. The molecule has 1 N–H and O–H groups in total. The predicted octanol–water partition coefficient (Wildman–Crippen LogP) is 3.82. The molecule has 7 nitrogen and oxygen atoms in total. The second kappa shape index (κ2) is 9.44. The van der Waals surface area contributed by atoms with Gasteiger partial charge in [0.25, 0.3) is 5.91 Å². The van der Waals surface area contributed by atoms with Crippen LogP contribution in [0.15, 0.2) is 44.8 Å². The molecule has 28 heavy (non-hydrogen) atoms. The highest BCUT2D eigenvalue weighted by Crippen LogP contribution is 2.32. The normalized spacial score (nSPS) is 14.5. The number of nitrogens with zero attached hydrogens (tertiary/aromatic N) is 2. The minimum Gasteiger partial charge on any atom is -0.494 e. The largest absolute Gasteiger partial charge is 0.494 e. The van der Waals surface area contributed by atoms with Gasteiger partial charge in [-0.3, -0.25) is 4.79 Å². The van der Waals surface area contributed by atoms with Crippen molar-refractivity contribution in [2.75, 3.05) is 43.1 Å². The molecule has 1 aromatic heterocycles. The maximum absolute atomic E-state index is 12.4. The number of hydrogen-bond acceptors (Lipinski definition) is 6. The Morgan fingerprint density at radius 1 is 1.36 bits per heavy atom. The van der Waals surface area contributed by atoms with E-state index in [0.29, 0.717) is 42.9 Å². The first-order valence-corrected chi connectivity index (χ1v) is 9.68. The zero-order chi connectivity index (χ0) is 19.9. The maximum atomic E-state index is 12.4. The van der Waals surface area contributed by atoms with E-state index in [1.54, 1.807) is 30.3 Å². The zero-order valence-electron chi connectivity index (χ0n) is 15.4. The molecular formula is C20H20BrN3O4. The van der Waals surface area contributed by atoms with Crippen molar-refractivity contribution in [1.82, 2.24) is 0 Å². The second-order valence-corrected chi connectivity index (χ2v) is 6.84. The fraction of sp³-hybridized carbons (Fsp3) is 0.300. The van der Waals surface area contributed by atoms with Gasteiger partial charge >= 0.3 is 0 Å². The van der Waals surface area contributed by atoms with Crippen LogP contribution in [0, 0.1) is 11.3 Å². The Morgan fingerprint density at radius 2 is 2.07 bits per heavy atom. The molecule has 0 bridgehead atoms. The summed E-state index contributed by atoms with van der Waals surface area (Å²) >= 11 is 3.47. The van der Waals surface area contributed by atoms with Crippen molar-refractivity contribution >= 4 is 39.5 Å². The smallest absolute Gasteiger partial charge is 0.266 e. The number of rotatable bonds is 6. The lowest BCUT2D eigenvalue weighted by atomic mass is 10.2. The molecule has 8 heteroatoms. The van der Waals surface area contributed by atoms with Crippen molar-refractivity contribution in [2.24, 2.45) is 0 Å². The molecule has 1 aliphatic rings. The highest BCUT2D eigenvalue weighted by atomic mass is 79.9. The minimum atomic E-state index is -0.507. The van der Waals surface area contributed by atoms with E-state index in [1.165, 1.54) is 6.08 Å². The summed E-state index contributed by atoms with van der Waals surface area (Å²) in [7, 11) is 0. The lowest BCUT2D eigenvalue weighted by molar-refractivity contribution is -0.112. The number of halogens is 1. The van der Waals surface area contributed by atoms with Crippen LogP contribution in [0.1, 0.15) is 12.7 Å². The van der Waals surface area contributed by atoms with Crippen LogP contribution < -0.4 is 15.0 Å². The minimum absolute atomic E-state index is 0.0522. The van der Waals surface area contributed by atoms with E-state index in [1.807, 2.05) is 13.0 Å². The van der Waals surface area contributed by atoms with Crippen LogP contribution in [0.25, 0.3) is 6.08 Å². The average Bonchev–Trinajstić information content (AvgIpc) is 3.08. The third kappa shape index (κ3) is 4.94. The van der Waals surface area contributed by atoms with Crippen LogP contribution in [0.5, 0.6) is 5.75 Å². The number of nitrogens with one attached hydrogen (secondary N) is 1. The average molecular weight is 446 g/mol. The summed E-state index contributed by atoms with van der Waals surface area (Å²) in [4.78, 5) is 14.5. The molecule has 0 saturated carbocycles. The van der Waals surface area contributed by atoms with Crippen LogP contribution >= 0.6 is 15.9 Å². The van der Waals surface area contributed by atoms with E-state index in [-0.39, 0.29) is 5.57 Å². The van der Waals surface area contributed by atoms with Crippen LogP contribution in [0.3, 0.4) is 0 Å². The van der Waals surface area contributed by atoms with Gasteiger partial charge in [-0.05, 0) is 47.1 Å². The van der Waals surface area contributed by atoms with E-state index in [2.05, 4.69) is 26.1 Å². The van der Waals surface area contributed by atoms with E-state index in [9.17, 15) is 10.1 Å². The Bertz CT molecular complexity index is 893. The molecule has 0 radical (unpaired) electrons. The molecule has 1 amide bonds. The highest BCUT2D eigenvalue weighted by molar-refractivity contribution is 9.10. The first kappa shape index (κ1) is 20.0. The highest BCUT2D eigenvalue weighted by Gasteiger charge is 2.19. The number of carbonyl (C=O) groups is 1. The molecule has 1 aliphatic heterocycles. The standard InChI is InChI=1S/C20H20BrN3O4/c1-2-27-16-5-3-15(4-6-16)23-19(25)14(13-22)11-17-12-18(21)20(28-17)24-7-9-26-10-8-24/h3-6,11-12H,2,7-10H2,1H3,(H,23,25)/b14-11-. The molecular weight excluding hydrogens is 426 g/mol. The van der Waals surface area contributed by atoms with Crippen LogP contribution in [0.2, 0.25) is 0 Å². The number of benzene rings is 1. The Hall–Kier alpha value is -2.76. The molecule has 1 fully saturated rings. The Kier molecular flexibility index (Phi) is 6.74. The maximum Gasteiger partial charge on any atom is 0.266 e. The summed E-state index contributed by atoms with van der Waals surface area (Å²) in [6, 6.07) is 10.6. The topological polar surface area (TPSA) is 87.7 Å². The molecule has 0 spiro atoms. The van der Waals surface area contributed by atoms with Gasteiger partial charge in [0, 0.05) is 30.9 Å². The van der Waals surface area contributed by atoms with Crippen molar-refractivity contribution in [2.45, 2.75) is 6.92 Å². The van der Waals surface area contributed by atoms with Gasteiger partial charge in [0.2, 0.25) is 5.88 Å². The zero-order valence-corrected chi connectivity index (χ0v) is 17.0. The van der Waals surface area contributed by atoms with Crippen molar-refractivity contribution < 1.29 is 18.7 Å². The first-order valence-electron chi connectivity index (χ1n) is 8.88. The summed E-state index contributed by atoms with van der Waals surface area (Å²) < 4.78 is 17.3. The van der Waals surface area contributed by atoms with Crippen molar-refractivity contribution in [3.8, 4) is 11.8 Å². The molecule has 0 unspecified atom stereocenters. The Labute approximate surface area is 171 Å². The fourth-order valence-corrected chi connectivity index (χ4v) is 3.28. The Balaban J connectivity index is 1.72. The summed E-state index contributed by atoms with van der Waals surface area (Å²) in [5.41, 5.74) is 0.521. The van der Waals surface area contributed by atoms with Crippen molar-refractivity contribution in [1.29, 1.82) is 5.26 Å². The predicted molar refractivity (Wildman–Crippen MR) is 109 cm³/mol. The van der Waals surface area contributed by atoms with Gasteiger partial charge in [-0.1, -0.05) is 0 Å². The number of anilines is 2. The van der Waals surface area contributed by atoms with Gasteiger partial charge in [-0.15, -0.1) is 0 Å². The molecule has 0 atom stereocenters. The quantitative estimate of drug-likeness (QED) is 0.536. The van der Waals surface area contributed by atoms with Gasteiger partial charge in [0.05, 0.1) is 24.3 Å². The number of ether oxygens (including phenoxy) is 2. The van der Waals surface area contributed by atoms with E-state index >= 15 is 0 Å². The van der Waals surface area contributed by atoms with Gasteiger partial charge in [-0.25, -0.2) is 0 Å². The van der Waals surface area contributed by atoms with Crippen molar-refractivity contribution in [3.05, 3.63) is 46.1 Å². The van der Waals surface area contributed by atoms with Crippen LogP contribution in [-0.2, 0) is 9.53 Å². The van der Waals surface area contributed by atoms with Gasteiger partial charge in [-0.2, -0.15) is 5.26 Å². The number of hydrogen-bond donors (Lipinski definition) is 1. The fourth-order valence-electron chi connectivity index (χ4n) is 2.72. The van der Waals surface area contributed by atoms with Crippen LogP contribution in [-0.4, -0.2) is 38.8 Å². The van der Waals surface area contributed by atoms with Crippen molar-refractivity contribution in [3.63, 3.8) is 0 Å². The SMILES string of the molecule is CCOc1ccc(NC(=O)/C(C#N)=C\c2cc(Br)c(N3CCOCC3)o2)cc1. The molecule has 146 valence electrons. The van der Waals surface area contributed by atoms with Gasteiger partial charge in [0.15, 0.2) is 0 Å². The second-order valence-electron chi connectivity index (χ2n) is 5.98. The molecule has 1 aromatic carbocycles. The van der Waals surface area contributed by atoms with E-state index in [4.69, 9.17) is 13.9 Å². The summed E-state index contributed by atoms with van der Waals surface area (Å²) in [6.07, 6.45) is 1.43. The summed E-state index contributed by atoms with van der Waals surface area (Å²) in [5.74, 6) is 1.30. The molecule has 2 aromatic rings. The third-order valence-electron chi connectivity index (χ3n) is 4.06. The summed E-state index contributed by atoms with van der Waals surface area (Å²) in [6.45, 7) is 5.17. The number of amides is 1. The third-order valence-corrected chi connectivity index (χ3v) is 4.63. The lowest BCUT2D eigenvalue weighted by Crippen LogP contribution is -2.36. The number of furan rings is 1. The number of carbonyl (C=O) groups excluding carboxylic acids is 1. The van der Waals surface area contributed by atoms with Gasteiger partial charge in [0.1, 0.15) is 23.2 Å². The monoisotopic (exact) mass is 445 g/mol. The molecule has 3 rings (SSSR count). The first-order chi connectivity index (χ1) is 13.6. The molecule has 1 saturated heterocycles. The summed E-state index contributed by atoms with van der Waals surface area (Å²) in [5, 5.41) is 12.1. The number of nitriles is 1.